The molecule has 0 amide bonds. The number of carbonyl (C=O) groups excluding carboxylic acids is 1. The van der Waals surface area contributed by atoms with Gasteiger partial charge in [0, 0.05) is 5.02 Å². The molecule has 2 aromatic carbocycles. The highest BCUT2D eigenvalue weighted by Crippen LogP contribution is 2.48. The summed E-state index contributed by atoms with van der Waals surface area (Å²) in [6, 6.07) is 6.45. The summed E-state index contributed by atoms with van der Waals surface area (Å²) in [5.41, 5.74) is 0. The topological polar surface area (TPSA) is 35.5 Å². The Morgan fingerprint density at radius 2 is 1.26 bits per heavy atom. The molecular formula is C14H6Cl6O3. The second kappa shape index (κ2) is 8.02. The highest BCUT2D eigenvalue weighted by Gasteiger charge is 2.22. The van der Waals surface area contributed by atoms with Crippen molar-refractivity contribution in [3.8, 4) is 11.5 Å². The van der Waals surface area contributed by atoms with Crippen molar-refractivity contribution in [2.24, 2.45) is 0 Å². The van der Waals surface area contributed by atoms with E-state index in [4.69, 9.17) is 79.1 Å². The Kier molecular flexibility index (Phi) is 6.55. The van der Waals surface area contributed by atoms with Crippen molar-refractivity contribution < 1.29 is 14.3 Å². The van der Waals surface area contributed by atoms with E-state index in [1.54, 1.807) is 24.3 Å². The molecular weight excluding hydrogens is 429 g/mol. The monoisotopic (exact) mass is 432 g/mol. The standard InChI is InChI=1S/C14H6Cl6O3/c15-6-1-3-7(4-2-6)22-5-8(21)23-14-12(19)10(17)9(16)11(18)13(14)20/h1-4H,5H2. The molecule has 0 spiro atoms. The van der Waals surface area contributed by atoms with Crippen LogP contribution >= 0.6 is 69.6 Å². The molecule has 0 aliphatic carbocycles. The van der Waals surface area contributed by atoms with E-state index in [1.807, 2.05) is 0 Å². The molecule has 0 fully saturated rings. The van der Waals surface area contributed by atoms with Crippen LogP contribution < -0.4 is 9.47 Å². The maximum absolute atomic E-state index is 11.9. The van der Waals surface area contributed by atoms with Crippen LogP contribution in [-0.2, 0) is 4.79 Å². The first kappa shape index (κ1) is 18.8. The van der Waals surface area contributed by atoms with E-state index < -0.39 is 5.97 Å². The minimum absolute atomic E-state index is 0.0273. The molecule has 122 valence electrons. The summed E-state index contributed by atoms with van der Waals surface area (Å²) in [5, 5.41) is 0.148. The minimum Gasteiger partial charge on any atom is -0.482 e. The highest BCUT2D eigenvalue weighted by molar-refractivity contribution is 6.55. The number of benzene rings is 2. The van der Waals surface area contributed by atoms with E-state index in [9.17, 15) is 4.79 Å². The van der Waals surface area contributed by atoms with Gasteiger partial charge in [-0.2, -0.15) is 0 Å². The Balaban J connectivity index is 2.10. The molecule has 23 heavy (non-hydrogen) atoms. The number of ether oxygens (including phenoxy) is 2. The van der Waals surface area contributed by atoms with Crippen LogP contribution in [0.5, 0.6) is 11.5 Å². The predicted molar refractivity (Wildman–Crippen MR) is 94.1 cm³/mol. The van der Waals surface area contributed by atoms with Crippen LogP contribution in [0.1, 0.15) is 0 Å². The van der Waals surface area contributed by atoms with Crippen LogP contribution in [-0.4, -0.2) is 12.6 Å². The molecule has 0 aromatic heterocycles. The molecule has 0 aliphatic heterocycles. The number of carbonyl (C=O) groups is 1. The molecule has 0 radical (unpaired) electrons. The zero-order valence-electron chi connectivity index (χ0n) is 11.0. The lowest BCUT2D eigenvalue weighted by molar-refractivity contribution is -0.136. The lowest BCUT2D eigenvalue weighted by atomic mass is 10.3. The molecule has 2 aromatic rings. The number of halogens is 6. The number of hydrogen-bond acceptors (Lipinski definition) is 3. The fourth-order valence-electron chi connectivity index (χ4n) is 1.49. The van der Waals surface area contributed by atoms with E-state index in [0.29, 0.717) is 10.8 Å². The third-order valence-corrected chi connectivity index (χ3v) is 5.05. The molecule has 0 saturated carbocycles. The van der Waals surface area contributed by atoms with Crippen molar-refractivity contribution in [1.29, 1.82) is 0 Å². The summed E-state index contributed by atoms with van der Waals surface area (Å²) in [6.45, 7) is -0.383. The average molecular weight is 435 g/mol. The van der Waals surface area contributed by atoms with Gasteiger partial charge in [0.05, 0.1) is 15.1 Å². The normalized spacial score (nSPS) is 10.5. The Labute approximate surface area is 161 Å². The molecule has 9 heteroatoms. The summed E-state index contributed by atoms with van der Waals surface area (Å²) in [5.74, 6) is -0.494. The van der Waals surface area contributed by atoms with Gasteiger partial charge in [0.15, 0.2) is 12.4 Å². The van der Waals surface area contributed by atoms with Crippen molar-refractivity contribution in [3.05, 3.63) is 54.4 Å². The van der Waals surface area contributed by atoms with Gasteiger partial charge in [0.1, 0.15) is 15.8 Å². The van der Waals surface area contributed by atoms with E-state index in [2.05, 4.69) is 0 Å². The van der Waals surface area contributed by atoms with Gasteiger partial charge in [-0.05, 0) is 24.3 Å². The van der Waals surface area contributed by atoms with E-state index >= 15 is 0 Å². The summed E-state index contributed by atoms with van der Waals surface area (Å²) in [4.78, 5) is 11.9. The third-order valence-electron chi connectivity index (χ3n) is 2.56. The van der Waals surface area contributed by atoms with E-state index in [1.165, 1.54) is 0 Å². The largest absolute Gasteiger partial charge is 0.482 e. The summed E-state index contributed by atoms with van der Waals surface area (Å²) >= 11 is 35.3. The molecule has 0 N–H and O–H groups in total. The van der Waals surface area contributed by atoms with Crippen LogP contribution in [0.2, 0.25) is 30.1 Å². The van der Waals surface area contributed by atoms with Crippen molar-refractivity contribution in [1.82, 2.24) is 0 Å². The van der Waals surface area contributed by atoms with Gasteiger partial charge < -0.3 is 9.47 Å². The molecule has 0 saturated heterocycles. The zero-order valence-corrected chi connectivity index (χ0v) is 15.5. The van der Waals surface area contributed by atoms with Gasteiger partial charge in [-0.15, -0.1) is 0 Å². The van der Waals surface area contributed by atoms with E-state index in [0.717, 1.165) is 0 Å². The lowest BCUT2D eigenvalue weighted by Gasteiger charge is -2.12. The predicted octanol–water partition coefficient (Wildman–Crippen LogP) is 6.59. The molecule has 2 rings (SSSR count). The first-order valence-corrected chi connectivity index (χ1v) is 8.18. The first-order chi connectivity index (χ1) is 10.8. The van der Waals surface area contributed by atoms with Gasteiger partial charge in [-0.25, -0.2) is 4.79 Å². The number of esters is 1. The Hall–Kier alpha value is -0.550. The third kappa shape index (κ3) is 4.50. The Bertz CT molecular complexity index is 716. The molecule has 0 heterocycles. The SMILES string of the molecule is O=C(COc1ccc(Cl)cc1)Oc1c(Cl)c(Cl)c(Cl)c(Cl)c1Cl. The smallest absolute Gasteiger partial charge is 0.349 e. The zero-order chi connectivity index (χ0) is 17.1. The Morgan fingerprint density at radius 1 is 0.783 bits per heavy atom. The summed E-state index contributed by atoms with van der Waals surface area (Å²) < 4.78 is 10.3. The van der Waals surface area contributed by atoms with Crippen LogP contribution in [0.3, 0.4) is 0 Å². The lowest BCUT2D eigenvalue weighted by Crippen LogP contribution is -2.18. The highest BCUT2D eigenvalue weighted by atomic mass is 35.5. The maximum Gasteiger partial charge on any atom is 0.349 e. The molecule has 0 bridgehead atoms. The van der Waals surface area contributed by atoms with Gasteiger partial charge in [-0.1, -0.05) is 69.6 Å². The summed E-state index contributed by atoms with van der Waals surface area (Å²) in [6.07, 6.45) is 0. The molecule has 0 atom stereocenters. The van der Waals surface area contributed by atoms with Gasteiger partial charge in [-0.3, -0.25) is 0 Å². The van der Waals surface area contributed by atoms with Gasteiger partial charge >= 0.3 is 5.97 Å². The fraction of sp³-hybridized carbons (Fsp3) is 0.0714. The number of hydrogen-bond donors (Lipinski definition) is 0. The van der Waals surface area contributed by atoms with Gasteiger partial charge in [0.25, 0.3) is 0 Å². The van der Waals surface area contributed by atoms with Crippen LogP contribution in [0, 0.1) is 0 Å². The maximum atomic E-state index is 11.9. The second-order valence-electron chi connectivity index (χ2n) is 4.12. The van der Waals surface area contributed by atoms with Crippen molar-refractivity contribution in [2.75, 3.05) is 6.61 Å². The van der Waals surface area contributed by atoms with Crippen molar-refractivity contribution >= 4 is 75.6 Å². The minimum atomic E-state index is -0.752. The molecule has 0 unspecified atom stereocenters. The van der Waals surface area contributed by atoms with Crippen LogP contribution in [0.25, 0.3) is 0 Å². The Morgan fingerprint density at radius 3 is 1.78 bits per heavy atom. The first-order valence-electron chi connectivity index (χ1n) is 5.91. The average Bonchev–Trinajstić information content (AvgIpc) is 2.54. The van der Waals surface area contributed by atoms with Crippen LogP contribution in [0.4, 0.5) is 0 Å². The number of rotatable bonds is 4. The van der Waals surface area contributed by atoms with E-state index in [-0.39, 0.29) is 37.5 Å². The molecule has 3 nitrogen and oxygen atoms in total. The van der Waals surface area contributed by atoms with Crippen molar-refractivity contribution in [2.45, 2.75) is 0 Å². The second-order valence-corrected chi connectivity index (χ2v) is 6.44. The van der Waals surface area contributed by atoms with Crippen LogP contribution in [0.15, 0.2) is 24.3 Å². The van der Waals surface area contributed by atoms with Gasteiger partial charge in [0.2, 0.25) is 0 Å². The molecule has 0 aliphatic rings. The summed E-state index contributed by atoms with van der Waals surface area (Å²) in [7, 11) is 0. The quantitative estimate of drug-likeness (QED) is 0.235. The fourth-order valence-corrected chi connectivity index (χ4v) is 2.81. The van der Waals surface area contributed by atoms with Crippen molar-refractivity contribution in [3.63, 3.8) is 0 Å².